The van der Waals surface area contributed by atoms with Gasteiger partial charge in [0.05, 0.1) is 18.9 Å². The second-order valence-corrected chi connectivity index (χ2v) is 17.3. The second-order valence-electron chi connectivity index (χ2n) is 15.3. The summed E-state index contributed by atoms with van der Waals surface area (Å²) in [5, 5.41) is 6.37. The van der Waals surface area contributed by atoms with Gasteiger partial charge in [0.2, 0.25) is 27.7 Å². The first-order valence-electron chi connectivity index (χ1n) is 17.2. The number of hydrogen-bond acceptors (Lipinski definition) is 10. The Balaban J connectivity index is 1.44. The summed E-state index contributed by atoms with van der Waals surface area (Å²) in [6, 6.07) is 4.96. The molecule has 0 radical (unpaired) electrons. The lowest BCUT2D eigenvalue weighted by atomic mass is 9.85. The summed E-state index contributed by atoms with van der Waals surface area (Å²) in [7, 11) is -2.33. The smallest absolute Gasteiger partial charge is 0.408 e. The Labute approximate surface area is 299 Å². The van der Waals surface area contributed by atoms with Gasteiger partial charge in [-0.2, -0.15) is 0 Å². The summed E-state index contributed by atoms with van der Waals surface area (Å²) in [6.07, 6.45) is 3.21. The zero-order valence-electron chi connectivity index (χ0n) is 30.3. The molecule has 2 aliphatic carbocycles. The highest BCUT2D eigenvalue weighted by Crippen LogP contribution is 2.45. The number of fused-ring (bicyclic) bond motifs is 1. The number of carbonyl (C=O) groups excluding carboxylic acids is 4. The van der Waals surface area contributed by atoms with Gasteiger partial charge in [0, 0.05) is 23.9 Å². The van der Waals surface area contributed by atoms with Crippen LogP contribution < -0.4 is 24.8 Å². The van der Waals surface area contributed by atoms with Crippen molar-refractivity contribution in [3.8, 4) is 11.6 Å². The molecule has 3 fully saturated rings. The average Bonchev–Trinajstić information content (AvgIpc) is 3.99. The van der Waals surface area contributed by atoms with Crippen LogP contribution in [0.4, 0.5) is 4.79 Å². The molecule has 0 spiro atoms. The Kier molecular flexibility index (Phi) is 10.4. The summed E-state index contributed by atoms with van der Waals surface area (Å²) in [5.41, 5.74) is -3.15. The van der Waals surface area contributed by atoms with E-state index in [0.717, 1.165) is 5.39 Å². The molecule has 4 amide bonds. The number of ether oxygens (including phenoxy) is 3. The van der Waals surface area contributed by atoms with Gasteiger partial charge in [-0.3, -0.25) is 19.1 Å². The second kappa shape index (κ2) is 14.0. The standard InChI is InChI=1S/C36H49N5O9S/c1-9-22-19-36(22,32(44)40-51(46,47)25-12-13-25)39-29(42)27-18-24(49-30-26-14-11-23(48-8)17-21(26)15-16-37-30)20-41(27)31(43)28(34(3,4)5)38-33(45)50-35(6,7)10-2/h9,11,14-17,22,24-25,27-28H,1,10,12-13,18-20H2,2-8H3,(H,38,45)(H,39,42)(H,40,44). The monoisotopic (exact) mass is 727 g/mol. The number of amides is 4. The molecule has 1 aliphatic heterocycles. The molecule has 51 heavy (non-hydrogen) atoms. The third-order valence-corrected chi connectivity index (χ3v) is 11.7. The molecule has 3 N–H and O–H groups in total. The van der Waals surface area contributed by atoms with Crippen molar-refractivity contribution in [1.29, 1.82) is 0 Å². The summed E-state index contributed by atoms with van der Waals surface area (Å²) < 4.78 is 44.8. The fourth-order valence-corrected chi connectivity index (χ4v) is 7.55. The molecular formula is C36H49N5O9S. The van der Waals surface area contributed by atoms with Crippen LogP contribution in [0.15, 0.2) is 43.1 Å². The molecule has 2 heterocycles. The molecule has 278 valence electrons. The average molecular weight is 728 g/mol. The van der Waals surface area contributed by atoms with E-state index in [1.807, 2.05) is 25.1 Å². The molecule has 14 nitrogen and oxygen atoms in total. The first kappa shape index (κ1) is 37.8. The van der Waals surface area contributed by atoms with Crippen molar-refractivity contribution in [3.05, 3.63) is 43.1 Å². The van der Waals surface area contributed by atoms with Gasteiger partial charge in [-0.1, -0.05) is 33.8 Å². The minimum atomic E-state index is -3.90. The van der Waals surface area contributed by atoms with Gasteiger partial charge in [0.1, 0.15) is 35.1 Å². The van der Waals surface area contributed by atoms with Crippen molar-refractivity contribution in [2.24, 2.45) is 11.3 Å². The minimum Gasteiger partial charge on any atom is -0.497 e. The minimum absolute atomic E-state index is 0.0206. The van der Waals surface area contributed by atoms with E-state index in [4.69, 9.17) is 14.2 Å². The van der Waals surface area contributed by atoms with Gasteiger partial charge >= 0.3 is 6.09 Å². The van der Waals surface area contributed by atoms with E-state index in [1.54, 1.807) is 54.0 Å². The first-order valence-corrected chi connectivity index (χ1v) is 18.8. The number of rotatable bonds is 13. The molecule has 1 aromatic carbocycles. The molecule has 1 saturated heterocycles. The summed E-state index contributed by atoms with van der Waals surface area (Å²) in [4.78, 5) is 61.0. The number of likely N-dealkylation sites (tertiary alicyclic amines) is 1. The Morgan fingerprint density at radius 3 is 2.43 bits per heavy atom. The van der Waals surface area contributed by atoms with Crippen molar-refractivity contribution in [2.75, 3.05) is 13.7 Å². The van der Waals surface area contributed by atoms with Crippen LogP contribution in [-0.4, -0.2) is 90.3 Å². The largest absolute Gasteiger partial charge is 0.497 e. The molecule has 15 heteroatoms. The zero-order chi connectivity index (χ0) is 37.5. The maximum absolute atomic E-state index is 14.5. The van der Waals surface area contributed by atoms with Crippen molar-refractivity contribution in [2.45, 2.75) is 108 Å². The SMILES string of the molecule is C=CC1CC1(NC(=O)C1CC(Oc2nccc3cc(OC)ccc23)CN1C(=O)C(NC(=O)OC(C)(C)CC)C(C)(C)C)C(=O)NS(=O)(=O)C1CC1. The van der Waals surface area contributed by atoms with E-state index < -0.39 is 79.7 Å². The number of alkyl carbamates (subject to hydrolysis) is 1. The Bertz CT molecular complexity index is 1820. The summed E-state index contributed by atoms with van der Waals surface area (Å²) in [5.74, 6) is -1.65. The van der Waals surface area contributed by atoms with Gasteiger partial charge in [0.25, 0.3) is 5.91 Å². The van der Waals surface area contributed by atoms with Crippen LogP contribution in [0.25, 0.3) is 10.8 Å². The van der Waals surface area contributed by atoms with Crippen molar-refractivity contribution in [1.82, 2.24) is 25.2 Å². The zero-order valence-corrected chi connectivity index (χ0v) is 31.1. The van der Waals surface area contributed by atoms with Crippen molar-refractivity contribution < 1.29 is 41.8 Å². The number of carbonyl (C=O) groups is 4. The quantitative estimate of drug-likeness (QED) is 0.258. The summed E-state index contributed by atoms with van der Waals surface area (Å²) >= 11 is 0. The van der Waals surface area contributed by atoms with Crippen LogP contribution in [0.1, 0.15) is 73.6 Å². The lowest BCUT2D eigenvalue weighted by Gasteiger charge is -2.36. The van der Waals surface area contributed by atoms with Gasteiger partial charge in [-0.15, -0.1) is 6.58 Å². The van der Waals surface area contributed by atoms with Crippen LogP contribution in [0.5, 0.6) is 11.6 Å². The maximum atomic E-state index is 14.5. The van der Waals surface area contributed by atoms with E-state index in [-0.39, 0.29) is 19.4 Å². The highest BCUT2D eigenvalue weighted by Gasteiger charge is 2.62. The number of methoxy groups -OCH3 is 1. The lowest BCUT2D eigenvalue weighted by molar-refractivity contribution is -0.143. The predicted molar refractivity (Wildman–Crippen MR) is 189 cm³/mol. The van der Waals surface area contributed by atoms with Gasteiger partial charge in [0.15, 0.2) is 0 Å². The van der Waals surface area contributed by atoms with Crippen molar-refractivity contribution in [3.63, 3.8) is 0 Å². The third kappa shape index (κ3) is 8.23. The van der Waals surface area contributed by atoms with E-state index in [1.165, 1.54) is 11.0 Å². The van der Waals surface area contributed by atoms with Crippen LogP contribution in [-0.2, 0) is 29.1 Å². The highest BCUT2D eigenvalue weighted by atomic mass is 32.2. The number of sulfonamides is 1. The Morgan fingerprint density at radius 1 is 1.14 bits per heavy atom. The highest BCUT2D eigenvalue weighted by molar-refractivity contribution is 7.91. The first-order chi connectivity index (χ1) is 23.8. The van der Waals surface area contributed by atoms with Gasteiger partial charge in [-0.05, 0) is 74.6 Å². The van der Waals surface area contributed by atoms with Gasteiger partial charge < -0.3 is 29.7 Å². The molecule has 2 saturated carbocycles. The lowest BCUT2D eigenvalue weighted by Crippen LogP contribution is -2.60. The molecule has 2 aromatic rings. The molecule has 3 aliphatic rings. The molecule has 5 unspecified atom stereocenters. The molecular weight excluding hydrogens is 678 g/mol. The van der Waals surface area contributed by atoms with E-state index in [0.29, 0.717) is 36.3 Å². The third-order valence-electron chi connectivity index (χ3n) is 9.91. The Morgan fingerprint density at radius 2 is 1.84 bits per heavy atom. The molecule has 5 atom stereocenters. The van der Waals surface area contributed by atoms with Crippen molar-refractivity contribution >= 4 is 44.6 Å². The van der Waals surface area contributed by atoms with E-state index in [9.17, 15) is 27.6 Å². The van der Waals surface area contributed by atoms with E-state index >= 15 is 0 Å². The van der Waals surface area contributed by atoms with Crippen LogP contribution >= 0.6 is 0 Å². The fourth-order valence-electron chi connectivity index (χ4n) is 6.19. The van der Waals surface area contributed by atoms with Crippen LogP contribution in [0.3, 0.4) is 0 Å². The number of nitrogens with zero attached hydrogens (tertiary/aromatic N) is 2. The normalized spacial score (nSPS) is 23.9. The topological polar surface area (TPSA) is 182 Å². The predicted octanol–water partition coefficient (Wildman–Crippen LogP) is 3.59. The van der Waals surface area contributed by atoms with Crippen LogP contribution in [0.2, 0.25) is 0 Å². The number of hydrogen-bond donors (Lipinski definition) is 3. The number of nitrogens with one attached hydrogen (secondary N) is 3. The molecule has 1 aromatic heterocycles. The maximum Gasteiger partial charge on any atom is 0.408 e. The fraction of sp³-hybridized carbons (Fsp3) is 0.583. The number of aromatic nitrogens is 1. The molecule has 0 bridgehead atoms. The molecule has 5 rings (SSSR count). The summed E-state index contributed by atoms with van der Waals surface area (Å²) in [6.45, 7) is 14.5. The number of pyridine rings is 1. The van der Waals surface area contributed by atoms with Crippen LogP contribution in [0, 0.1) is 11.3 Å². The van der Waals surface area contributed by atoms with Gasteiger partial charge in [-0.25, -0.2) is 18.2 Å². The number of benzene rings is 1. The Hall–Kier alpha value is -4.40. The van der Waals surface area contributed by atoms with E-state index in [2.05, 4.69) is 26.9 Å².